The molecule has 0 fully saturated rings. The van der Waals surface area contributed by atoms with E-state index in [0.29, 0.717) is 28.4 Å². The molecule has 0 aliphatic heterocycles. The highest BCUT2D eigenvalue weighted by Gasteiger charge is 2.12. The Balaban J connectivity index is 1.88. The van der Waals surface area contributed by atoms with Gasteiger partial charge >= 0.3 is 11.8 Å². The van der Waals surface area contributed by atoms with Crippen molar-refractivity contribution in [1.29, 1.82) is 0 Å². The van der Waals surface area contributed by atoms with Crippen molar-refractivity contribution in [3.8, 4) is 5.75 Å². The summed E-state index contributed by atoms with van der Waals surface area (Å²) in [6, 6.07) is 11.0. The van der Waals surface area contributed by atoms with Crippen LogP contribution < -0.4 is 15.5 Å². The lowest BCUT2D eigenvalue weighted by atomic mass is 10.2. The van der Waals surface area contributed by atoms with E-state index in [4.69, 9.17) is 16.3 Å². The van der Waals surface area contributed by atoms with Crippen LogP contribution in [-0.2, 0) is 16.2 Å². The molecule has 148 valence electrons. The molecule has 2 N–H and O–H groups in total. The van der Waals surface area contributed by atoms with Gasteiger partial charge in [-0.05, 0) is 47.4 Å². The third kappa shape index (κ3) is 7.00. The Hall–Kier alpha value is -2.93. The zero-order chi connectivity index (χ0) is 20.5. The number of benzene rings is 2. The molecule has 2 amide bonds. The standard InChI is InChI=1S/C20H21ClFN3O3/c1-13(2)10-23-19(26)20(27)25-24-11-14-6-7-18(17(21)9-14)28-12-15-4-3-5-16(22)8-15/h3-9,11,13H,10,12H2,1-2H3,(H,23,26)(H,25,27)/b24-11-. The van der Waals surface area contributed by atoms with Crippen molar-refractivity contribution >= 4 is 29.6 Å². The quantitative estimate of drug-likeness (QED) is 0.421. The molecule has 0 bridgehead atoms. The molecule has 2 aromatic carbocycles. The largest absolute Gasteiger partial charge is 0.487 e. The highest BCUT2D eigenvalue weighted by molar-refractivity contribution is 6.35. The molecule has 0 heterocycles. The van der Waals surface area contributed by atoms with Gasteiger partial charge in [-0.15, -0.1) is 0 Å². The van der Waals surface area contributed by atoms with Gasteiger partial charge in [0, 0.05) is 6.54 Å². The van der Waals surface area contributed by atoms with Gasteiger partial charge in [-0.3, -0.25) is 9.59 Å². The van der Waals surface area contributed by atoms with Gasteiger partial charge in [-0.1, -0.05) is 37.6 Å². The summed E-state index contributed by atoms with van der Waals surface area (Å²) < 4.78 is 18.8. The molecule has 0 saturated carbocycles. The number of nitrogens with zero attached hydrogens (tertiary/aromatic N) is 1. The van der Waals surface area contributed by atoms with Gasteiger partial charge in [0.15, 0.2) is 0 Å². The summed E-state index contributed by atoms with van der Waals surface area (Å²) in [6.07, 6.45) is 1.36. The lowest BCUT2D eigenvalue weighted by Gasteiger charge is -2.09. The molecule has 0 aromatic heterocycles. The van der Waals surface area contributed by atoms with Gasteiger partial charge in [-0.25, -0.2) is 9.82 Å². The van der Waals surface area contributed by atoms with Crippen LogP contribution in [0.3, 0.4) is 0 Å². The molecule has 0 unspecified atom stereocenters. The first-order valence-electron chi connectivity index (χ1n) is 8.63. The SMILES string of the molecule is CC(C)CNC(=O)C(=O)N/N=C\c1ccc(OCc2cccc(F)c2)c(Cl)c1. The Morgan fingerprint density at radius 2 is 2.00 bits per heavy atom. The van der Waals surface area contributed by atoms with Gasteiger partial charge in [-0.2, -0.15) is 5.10 Å². The molecule has 0 spiro atoms. The van der Waals surface area contributed by atoms with Gasteiger partial charge in [0.2, 0.25) is 0 Å². The minimum atomic E-state index is -0.849. The van der Waals surface area contributed by atoms with E-state index in [2.05, 4.69) is 15.8 Å². The van der Waals surface area contributed by atoms with Crippen molar-refractivity contribution in [2.75, 3.05) is 6.54 Å². The highest BCUT2D eigenvalue weighted by atomic mass is 35.5. The molecule has 0 aliphatic carbocycles. The van der Waals surface area contributed by atoms with Crippen LogP contribution >= 0.6 is 11.6 Å². The lowest BCUT2D eigenvalue weighted by molar-refractivity contribution is -0.139. The number of nitrogens with one attached hydrogen (secondary N) is 2. The number of rotatable bonds is 7. The summed E-state index contributed by atoms with van der Waals surface area (Å²) in [5, 5.41) is 6.56. The Bertz CT molecular complexity index is 872. The van der Waals surface area contributed by atoms with Crippen molar-refractivity contribution < 1.29 is 18.7 Å². The number of hydrogen-bond acceptors (Lipinski definition) is 4. The summed E-state index contributed by atoms with van der Waals surface area (Å²) in [7, 11) is 0. The number of amides is 2. The maximum absolute atomic E-state index is 13.2. The van der Waals surface area contributed by atoms with E-state index in [1.807, 2.05) is 13.8 Å². The molecular weight excluding hydrogens is 385 g/mol. The fourth-order valence-electron chi connectivity index (χ4n) is 2.10. The summed E-state index contributed by atoms with van der Waals surface area (Å²) in [6.45, 7) is 4.42. The monoisotopic (exact) mass is 405 g/mol. The Morgan fingerprint density at radius 3 is 2.68 bits per heavy atom. The minimum Gasteiger partial charge on any atom is -0.487 e. The molecule has 8 heteroatoms. The van der Waals surface area contributed by atoms with E-state index >= 15 is 0 Å². The Morgan fingerprint density at radius 1 is 1.21 bits per heavy atom. The van der Waals surface area contributed by atoms with Crippen molar-refractivity contribution in [2.24, 2.45) is 11.0 Å². The number of hydrazone groups is 1. The molecular formula is C20H21ClFN3O3. The first-order valence-corrected chi connectivity index (χ1v) is 9.01. The summed E-state index contributed by atoms with van der Waals surface area (Å²) in [5.41, 5.74) is 3.43. The second kappa shape index (κ2) is 10.4. The highest BCUT2D eigenvalue weighted by Crippen LogP contribution is 2.25. The van der Waals surface area contributed by atoms with E-state index in [9.17, 15) is 14.0 Å². The second-order valence-corrected chi connectivity index (χ2v) is 6.82. The van der Waals surface area contributed by atoms with E-state index in [1.165, 1.54) is 18.3 Å². The average molecular weight is 406 g/mol. The van der Waals surface area contributed by atoms with Gasteiger partial charge in [0.25, 0.3) is 0 Å². The minimum absolute atomic E-state index is 0.173. The third-order valence-electron chi connectivity index (χ3n) is 3.50. The molecule has 0 radical (unpaired) electrons. The molecule has 6 nitrogen and oxygen atoms in total. The topological polar surface area (TPSA) is 79.8 Å². The summed E-state index contributed by atoms with van der Waals surface area (Å²) in [5.74, 6) is -1.26. The van der Waals surface area contributed by atoms with Crippen molar-refractivity contribution in [1.82, 2.24) is 10.7 Å². The van der Waals surface area contributed by atoms with Gasteiger partial charge in [0.1, 0.15) is 18.2 Å². The third-order valence-corrected chi connectivity index (χ3v) is 3.79. The van der Waals surface area contributed by atoms with Crippen LogP contribution in [0.5, 0.6) is 5.75 Å². The molecule has 2 rings (SSSR count). The van der Waals surface area contributed by atoms with Crippen LogP contribution in [-0.4, -0.2) is 24.6 Å². The van der Waals surface area contributed by atoms with Gasteiger partial charge < -0.3 is 10.1 Å². The van der Waals surface area contributed by atoms with E-state index in [-0.39, 0.29) is 18.3 Å². The molecule has 0 aliphatic rings. The molecule has 28 heavy (non-hydrogen) atoms. The van der Waals surface area contributed by atoms with Crippen LogP contribution in [0, 0.1) is 11.7 Å². The first-order chi connectivity index (χ1) is 13.3. The van der Waals surface area contributed by atoms with Crippen LogP contribution in [0.1, 0.15) is 25.0 Å². The smallest absolute Gasteiger partial charge is 0.329 e. The van der Waals surface area contributed by atoms with Crippen molar-refractivity contribution in [3.63, 3.8) is 0 Å². The zero-order valence-electron chi connectivity index (χ0n) is 15.5. The predicted octanol–water partition coefficient (Wildman–Crippen LogP) is 3.28. The fraction of sp³-hybridized carbons (Fsp3) is 0.250. The number of halogens is 2. The number of carbonyl (C=O) groups excluding carboxylic acids is 2. The van der Waals surface area contributed by atoms with Crippen LogP contribution in [0.2, 0.25) is 5.02 Å². The molecule has 0 saturated heterocycles. The molecule has 2 aromatic rings. The average Bonchev–Trinajstić information content (AvgIpc) is 2.65. The van der Waals surface area contributed by atoms with Crippen molar-refractivity contribution in [3.05, 3.63) is 64.4 Å². The van der Waals surface area contributed by atoms with E-state index in [1.54, 1.807) is 30.3 Å². The summed E-state index contributed by atoms with van der Waals surface area (Å²) >= 11 is 6.18. The van der Waals surface area contributed by atoms with Crippen LogP contribution in [0.15, 0.2) is 47.6 Å². The van der Waals surface area contributed by atoms with Gasteiger partial charge in [0.05, 0.1) is 11.2 Å². The van der Waals surface area contributed by atoms with Crippen LogP contribution in [0.25, 0.3) is 0 Å². The number of ether oxygens (including phenoxy) is 1. The maximum atomic E-state index is 13.2. The zero-order valence-corrected chi connectivity index (χ0v) is 16.3. The van der Waals surface area contributed by atoms with Crippen molar-refractivity contribution in [2.45, 2.75) is 20.5 Å². The number of hydrogen-bond donors (Lipinski definition) is 2. The van der Waals surface area contributed by atoms with E-state index < -0.39 is 11.8 Å². The molecule has 0 atom stereocenters. The maximum Gasteiger partial charge on any atom is 0.329 e. The van der Waals surface area contributed by atoms with E-state index in [0.717, 1.165) is 0 Å². The van der Waals surface area contributed by atoms with Crippen LogP contribution in [0.4, 0.5) is 4.39 Å². The first kappa shape index (κ1) is 21.4. The normalized spacial score (nSPS) is 10.9. The Labute approximate surface area is 167 Å². The summed E-state index contributed by atoms with van der Waals surface area (Å²) in [4.78, 5) is 23.1. The Kier molecular flexibility index (Phi) is 7.95. The predicted molar refractivity (Wildman–Crippen MR) is 106 cm³/mol. The second-order valence-electron chi connectivity index (χ2n) is 6.41. The number of carbonyl (C=O) groups is 2. The fourth-order valence-corrected chi connectivity index (χ4v) is 2.34. The lowest BCUT2D eigenvalue weighted by Crippen LogP contribution is -2.39.